The third-order valence-electron chi connectivity index (χ3n) is 2.00. The largest absolute Gasteiger partial charge is 0.391 e. The molecule has 17 heavy (non-hydrogen) atoms. The van der Waals surface area contributed by atoms with E-state index in [1.54, 1.807) is 4.98 Å². The van der Waals surface area contributed by atoms with Crippen molar-refractivity contribution in [3.8, 4) is 0 Å². The van der Waals surface area contributed by atoms with E-state index >= 15 is 0 Å². The van der Waals surface area contributed by atoms with E-state index in [0.717, 1.165) is 6.92 Å². The van der Waals surface area contributed by atoms with Gasteiger partial charge in [0.05, 0.1) is 6.42 Å². The molecule has 0 spiro atoms. The van der Waals surface area contributed by atoms with E-state index in [1.165, 1.54) is 0 Å². The van der Waals surface area contributed by atoms with E-state index in [1.807, 2.05) is 0 Å². The second-order valence-electron chi connectivity index (χ2n) is 3.40. The van der Waals surface area contributed by atoms with Crippen LogP contribution in [0, 0.1) is 5.82 Å². The first-order valence-corrected chi connectivity index (χ1v) is 4.78. The smallest absolute Gasteiger partial charge is 0.295 e. The third-order valence-corrected chi connectivity index (χ3v) is 2.26. The predicted octanol–water partition coefficient (Wildman–Crippen LogP) is 1.84. The van der Waals surface area contributed by atoms with Crippen LogP contribution >= 0.6 is 11.6 Å². The van der Waals surface area contributed by atoms with Gasteiger partial charge in [0.1, 0.15) is 0 Å². The maximum Gasteiger partial charge on any atom is 0.391 e. The van der Waals surface area contributed by atoms with Crippen LogP contribution in [-0.4, -0.2) is 15.7 Å². The van der Waals surface area contributed by atoms with Crippen molar-refractivity contribution in [2.75, 3.05) is 0 Å². The molecule has 9 heteroatoms. The molecule has 0 aliphatic rings. The van der Waals surface area contributed by atoms with Crippen LogP contribution in [0.3, 0.4) is 0 Å². The van der Waals surface area contributed by atoms with E-state index in [4.69, 9.17) is 11.6 Å². The van der Waals surface area contributed by atoms with Gasteiger partial charge in [-0.2, -0.15) is 17.6 Å². The SMILES string of the molecule is CC(CC(F)(F)F)n1c(=O)[nH]c(Cl)c(F)c1=O. The van der Waals surface area contributed by atoms with Crippen molar-refractivity contribution in [3.05, 3.63) is 31.8 Å². The van der Waals surface area contributed by atoms with Crippen molar-refractivity contribution in [1.82, 2.24) is 9.55 Å². The van der Waals surface area contributed by atoms with Gasteiger partial charge in [-0.15, -0.1) is 0 Å². The first kappa shape index (κ1) is 13.8. The zero-order chi connectivity index (χ0) is 13.4. The number of aromatic amines is 1. The van der Waals surface area contributed by atoms with Crippen LogP contribution in [0.2, 0.25) is 5.15 Å². The highest BCUT2D eigenvalue weighted by Gasteiger charge is 2.32. The summed E-state index contributed by atoms with van der Waals surface area (Å²) in [7, 11) is 0. The van der Waals surface area contributed by atoms with Crippen LogP contribution in [0.15, 0.2) is 9.59 Å². The fraction of sp³-hybridized carbons (Fsp3) is 0.500. The summed E-state index contributed by atoms with van der Waals surface area (Å²) < 4.78 is 49.5. The molecule has 1 aromatic heterocycles. The van der Waals surface area contributed by atoms with Gasteiger partial charge in [0.15, 0.2) is 5.15 Å². The molecular weight excluding hydrogens is 268 g/mol. The summed E-state index contributed by atoms with van der Waals surface area (Å²) in [4.78, 5) is 24.2. The Bertz CT molecular complexity index is 534. The zero-order valence-electron chi connectivity index (χ0n) is 8.44. The third kappa shape index (κ3) is 3.09. The Morgan fingerprint density at radius 2 is 1.94 bits per heavy atom. The zero-order valence-corrected chi connectivity index (χ0v) is 9.19. The average molecular weight is 275 g/mol. The molecule has 0 saturated carbocycles. The summed E-state index contributed by atoms with van der Waals surface area (Å²) in [6, 6.07) is -1.52. The van der Waals surface area contributed by atoms with E-state index in [2.05, 4.69) is 0 Å². The Hall–Kier alpha value is -1.31. The van der Waals surface area contributed by atoms with Gasteiger partial charge in [-0.3, -0.25) is 14.3 Å². The monoisotopic (exact) mass is 274 g/mol. The summed E-state index contributed by atoms with van der Waals surface area (Å²) >= 11 is 5.16. The molecule has 0 bridgehead atoms. The molecule has 0 saturated heterocycles. The lowest BCUT2D eigenvalue weighted by molar-refractivity contribution is -0.142. The number of nitrogens with one attached hydrogen (secondary N) is 1. The van der Waals surface area contributed by atoms with Crippen molar-refractivity contribution < 1.29 is 17.6 Å². The van der Waals surface area contributed by atoms with Crippen LogP contribution in [0.1, 0.15) is 19.4 Å². The second-order valence-corrected chi connectivity index (χ2v) is 3.78. The van der Waals surface area contributed by atoms with E-state index in [9.17, 15) is 27.2 Å². The Balaban J connectivity index is 3.29. The lowest BCUT2D eigenvalue weighted by Crippen LogP contribution is -2.40. The molecule has 1 atom stereocenters. The summed E-state index contributed by atoms with van der Waals surface area (Å²) in [5.41, 5.74) is -2.66. The Morgan fingerprint density at radius 1 is 1.41 bits per heavy atom. The Morgan fingerprint density at radius 3 is 2.41 bits per heavy atom. The van der Waals surface area contributed by atoms with Crippen molar-refractivity contribution in [3.63, 3.8) is 0 Å². The summed E-state index contributed by atoms with van der Waals surface area (Å²) in [5, 5.41) is -0.824. The summed E-state index contributed by atoms with van der Waals surface area (Å²) in [5.74, 6) is -1.49. The lowest BCUT2D eigenvalue weighted by atomic mass is 10.2. The van der Waals surface area contributed by atoms with E-state index < -0.39 is 40.9 Å². The van der Waals surface area contributed by atoms with Gasteiger partial charge >= 0.3 is 11.9 Å². The molecule has 0 radical (unpaired) electrons. The predicted molar refractivity (Wildman–Crippen MR) is 51.7 cm³/mol. The molecule has 1 heterocycles. The van der Waals surface area contributed by atoms with Gasteiger partial charge in [-0.05, 0) is 6.92 Å². The molecule has 0 amide bonds. The molecule has 1 unspecified atom stereocenters. The number of nitrogens with zero attached hydrogens (tertiary/aromatic N) is 1. The molecule has 96 valence electrons. The molecule has 1 N–H and O–H groups in total. The second kappa shape index (κ2) is 4.52. The lowest BCUT2D eigenvalue weighted by Gasteiger charge is -2.15. The molecule has 0 aliphatic carbocycles. The number of rotatable bonds is 2. The first-order valence-electron chi connectivity index (χ1n) is 4.40. The first-order chi connectivity index (χ1) is 7.63. The minimum Gasteiger partial charge on any atom is -0.295 e. The Kier molecular flexibility index (Phi) is 3.65. The molecule has 1 aromatic rings. The van der Waals surface area contributed by atoms with Crippen molar-refractivity contribution in [2.45, 2.75) is 25.6 Å². The van der Waals surface area contributed by atoms with Gasteiger partial charge in [0.2, 0.25) is 5.82 Å². The van der Waals surface area contributed by atoms with Gasteiger partial charge in [0, 0.05) is 6.04 Å². The van der Waals surface area contributed by atoms with Crippen molar-refractivity contribution in [1.29, 1.82) is 0 Å². The van der Waals surface area contributed by atoms with Crippen LogP contribution in [0.5, 0.6) is 0 Å². The minimum atomic E-state index is -4.57. The fourth-order valence-corrected chi connectivity index (χ4v) is 1.49. The number of alkyl halides is 3. The van der Waals surface area contributed by atoms with Crippen LogP contribution in [0.4, 0.5) is 17.6 Å². The number of H-pyrrole nitrogens is 1. The van der Waals surface area contributed by atoms with Crippen molar-refractivity contribution in [2.24, 2.45) is 0 Å². The standard InChI is InChI=1S/C8H7ClF4N2O2/c1-3(2-8(11,12)13)15-6(16)4(10)5(9)14-7(15)17/h3H,2H2,1H3,(H,14,17). The van der Waals surface area contributed by atoms with Gasteiger partial charge < -0.3 is 0 Å². The molecule has 4 nitrogen and oxygen atoms in total. The maximum atomic E-state index is 13.0. The van der Waals surface area contributed by atoms with Crippen molar-refractivity contribution >= 4 is 11.6 Å². The minimum absolute atomic E-state index is 0.148. The maximum absolute atomic E-state index is 13.0. The molecule has 1 rings (SSSR count). The highest BCUT2D eigenvalue weighted by molar-refractivity contribution is 6.29. The Labute approximate surface area is 96.8 Å². The summed E-state index contributed by atoms with van der Waals surface area (Å²) in [6.07, 6.45) is -5.99. The fourth-order valence-electron chi connectivity index (χ4n) is 1.33. The van der Waals surface area contributed by atoms with Gasteiger partial charge in [0.25, 0.3) is 5.56 Å². The quantitative estimate of drug-likeness (QED) is 0.661. The molecule has 0 aliphatic heterocycles. The van der Waals surface area contributed by atoms with Crippen LogP contribution < -0.4 is 11.2 Å². The highest BCUT2D eigenvalue weighted by Crippen LogP contribution is 2.25. The highest BCUT2D eigenvalue weighted by atomic mass is 35.5. The topological polar surface area (TPSA) is 54.9 Å². The summed E-state index contributed by atoms with van der Waals surface area (Å²) in [6.45, 7) is 0.984. The number of hydrogen-bond donors (Lipinski definition) is 1. The van der Waals surface area contributed by atoms with Gasteiger partial charge in [-0.25, -0.2) is 4.79 Å². The molecule has 0 aromatic carbocycles. The normalized spacial score (nSPS) is 13.8. The molecule has 0 fully saturated rings. The van der Waals surface area contributed by atoms with E-state index in [-0.39, 0.29) is 4.57 Å². The average Bonchev–Trinajstić information content (AvgIpc) is 2.11. The number of aromatic nitrogens is 2. The number of halogens is 5. The number of hydrogen-bond acceptors (Lipinski definition) is 2. The molecular formula is C8H7ClF4N2O2. The van der Waals surface area contributed by atoms with Crippen LogP contribution in [-0.2, 0) is 0 Å². The van der Waals surface area contributed by atoms with E-state index in [0.29, 0.717) is 0 Å². The van der Waals surface area contributed by atoms with Gasteiger partial charge in [-0.1, -0.05) is 11.6 Å². The van der Waals surface area contributed by atoms with Crippen LogP contribution in [0.25, 0.3) is 0 Å².